The lowest BCUT2D eigenvalue weighted by Gasteiger charge is -2.22. The van der Waals surface area contributed by atoms with Crippen molar-refractivity contribution in [3.8, 4) is 0 Å². The largest absolute Gasteiger partial charge is 0.469 e. The topological polar surface area (TPSA) is 83.8 Å². The molecule has 0 aliphatic heterocycles. The van der Waals surface area contributed by atoms with Crippen LogP contribution >= 0.6 is 0 Å². The molecule has 1 aliphatic rings. The zero-order chi connectivity index (χ0) is 22.9. The first-order chi connectivity index (χ1) is 14.8. The van der Waals surface area contributed by atoms with E-state index in [2.05, 4.69) is 4.74 Å². The van der Waals surface area contributed by atoms with E-state index >= 15 is 0 Å². The van der Waals surface area contributed by atoms with Crippen molar-refractivity contribution in [1.82, 2.24) is 0 Å². The second-order valence-corrected chi connectivity index (χ2v) is 8.87. The smallest absolute Gasteiger partial charge is 0.305 e. The second kappa shape index (κ2) is 12.0. The van der Waals surface area contributed by atoms with Crippen LogP contribution in [0.5, 0.6) is 0 Å². The number of unbranched alkanes of at least 4 members (excludes halogenated alkanes) is 1. The monoisotopic (exact) mass is 428 g/mol. The molecule has 2 N–H and O–H groups in total. The number of benzene rings is 1. The number of hydrogen-bond donors (Lipinski definition) is 2. The molecule has 0 unspecified atom stereocenters. The Bertz CT molecular complexity index is 765. The van der Waals surface area contributed by atoms with E-state index in [1.54, 1.807) is 19.9 Å². The van der Waals surface area contributed by atoms with Crippen LogP contribution in [0.4, 0.5) is 0 Å². The summed E-state index contributed by atoms with van der Waals surface area (Å²) >= 11 is 0. The van der Waals surface area contributed by atoms with Crippen LogP contribution < -0.4 is 0 Å². The number of rotatable bonds is 11. The summed E-state index contributed by atoms with van der Waals surface area (Å²) in [6.07, 6.45) is 9.77. The fourth-order valence-corrected chi connectivity index (χ4v) is 4.14. The van der Waals surface area contributed by atoms with Gasteiger partial charge >= 0.3 is 5.97 Å². The molecule has 0 saturated heterocycles. The molecule has 0 aromatic heterocycles. The van der Waals surface area contributed by atoms with Crippen LogP contribution in [0, 0.1) is 17.3 Å². The van der Waals surface area contributed by atoms with Crippen LogP contribution in [0.3, 0.4) is 0 Å². The Morgan fingerprint density at radius 3 is 2.61 bits per heavy atom. The fourth-order valence-electron chi connectivity index (χ4n) is 4.14. The van der Waals surface area contributed by atoms with Crippen LogP contribution in [-0.4, -0.2) is 41.3 Å². The van der Waals surface area contributed by atoms with Crippen molar-refractivity contribution in [3.05, 3.63) is 60.2 Å². The highest BCUT2D eigenvalue weighted by Crippen LogP contribution is 2.44. The van der Waals surface area contributed by atoms with Gasteiger partial charge in [0.25, 0.3) is 0 Å². The molecule has 0 bridgehead atoms. The number of carbonyl (C=O) groups is 2. The van der Waals surface area contributed by atoms with Crippen molar-refractivity contribution in [3.63, 3.8) is 0 Å². The van der Waals surface area contributed by atoms with Gasteiger partial charge in [0.05, 0.1) is 24.7 Å². The minimum absolute atomic E-state index is 0.0487. The summed E-state index contributed by atoms with van der Waals surface area (Å²) in [6, 6.07) is 9.99. The number of ketones is 1. The quantitative estimate of drug-likeness (QED) is 0.316. The predicted molar refractivity (Wildman–Crippen MR) is 121 cm³/mol. The number of methoxy groups -OCH3 is 1. The van der Waals surface area contributed by atoms with Gasteiger partial charge in [0.2, 0.25) is 0 Å². The maximum Gasteiger partial charge on any atom is 0.305 e. The van der Waals surface area contributed by atoms with Crippen molar-refractivity contribution < 1.29 is 24.5 Å². The number of aliphatic hydroxyl groups is 2. The summed E-state index contributed by atoms with van der Waals surface area (Å²) in [4.78, 5) is 24.1. The van der Waals surface area contributed by atoms with E-state index in [4.69, 9.17) is 0 Å². The average Bonchev–Trinajstić information content (AvgIpc) is 2.93. The zero-order valence-corrected chi connectivity index (χ0v) is 18.9. The van der Waals surface area contributed by atoms with E-state index < -0.39 is 17.6 Å². The number of Topliss-reactive ketones (excluding diaryl/α,β-unsaturated/α-hetero) is 1. The first kappa shape index (κ1) is 25.0. The Morgan fingerprint density at radius 2 is 1.94 bits per heavy atom. The highest BCUT2D eigenvalue weighted by Gasteiger charge is 2.52. The molecule has 5 nitrogen and oxygen atoms in total. The Labute approximate surface area is 185 Å². The van der Waals surface area contributed by atoms with Crippen molar-refractivity contribution in [2.75, 3.05) is 7.11 Å². The van der Waals surface area contributed by atoms with E-state index in [0.717, 1.165) is 12.8 Å². The molecule has 0 radical (unpaired) electrons. The van der Waals surface area contributed by atoms with E-state index in [9.17, 15) is 19.8 Å². The second-order valence-electron chi connectivity index (χ2n) is 8.87. The first-order valence-corrected chi connectivity index (χ1v) is 11.1. The minimum atomic E-state index is -0.812. The molecule has 0 amide bonds. The third-order valence-corrected chi connectivity index (χ3v) is 6.20. The minimum Gasteiger partial charge on any atom is -0.469 e. The Morgan fingerprint density at radius 1 is 1.23 bits per heavy atom. The number of allylic oxidation sites excluding steroid dienone is 2. The van der Waals surface area contributed by atoms with Gasteiger partial charge in [-0.1, -0.05) is 68.5 Å². The molecule has 170 valence electrons. The first-order valence-electron chi connectivity index (χ1n) is 11.1. The standard InChI is InChI=1S/C26H36O5/c1-26(2)24(29)21(13-9-4-5-10-14-23(28)31-3)22(25(26)30)18-17-20(27)16-15-19-11-7-6-8-12-19/h4,6-9,11-12,17-18,20-22,25,27,30H,5,10,13-16H2,1-3H3/b9-4-,18-17+/t20-,21+,22+,25-/m0/s1. The molecule has 4 atom stereocenters. The lowest BCUT2D eigenvalue weighted by atomic mass is 9.86. The van der Waals surface area contributed by atoms with Crippen LogP contribution in [0.15, 0.2) is 54.6 Å². The average molecular weight is 429 g/mol. The Balaban J connectivity index is 1.93. The Hall–Kier alpha value is -2.24. The third-order valence-electron chi connectivity index (χ3n) is 6.20. The van der Waals surface area contributed by atoms with E-state index in [-0.39, 0.29) is 23.6 Å². The fraction of sp³-hybridized carbons (Fsp3) is 0.538. The maximum absolute atomic E-state index is 12.9. The molecule has 2 rings (SSSR count). The number of hydrogen-bond acceptors (Lipinski definition) is 5. The summed E-state index contributed by atoms with van der Waals surface area (Å²) in [5.41, 5.74) is 0.357. The SMILES string of the molecule is COC(=O)CCC/C=C\C[C@H]1C(=O)C(C)(C)[C@@H](O)[C@@H]1/C=C/[C@@H](O)CCc1ccccc1. The predicted octanol–water partition coefficient (Wildman–Crippen LogP) is 4.03. The van der Waals surface area contributed by atoms with Gasteiger partial charge in [-0.3, -0.25) is 9.59 Å². The molecule has 1 saturated carbocycles. The van der Waals surface area contributed by atoms with Gasteiger partial charge in [0.15, 0.2) is 0 Å². The van der Waals surface area contributed by atoms with Gasteiger partial charge in [-0.2, -0.15) is 0 Å². The van der Waals surface area contributed by atoms with Crippen LogP contribution in [-0.2, 0) is 20.7 Å². The van der Waals surface area contributed by atoms with Gasteiger partial charge < -0.3 is 14.9 Å². The summed E-state index contributed by atoms with van der Waals surface area (Å²) in [5.74, 6) is -0.819. The van der Waals surface area contributed by atoms with E-state index in [1.165, 1.54) is 12.7 Å². The zero-order valence-electron chi connectivity index (χ0n) is 18.9. The molecule has 1 aromatic carbocycles. The molecule has 1 fully saturated rings. The number of ether oxygens (including phenoxy) is 1. The van der Waals surface area contributed by atoms with Crippen LogP contribution in [0.2, 0.25) is 0 Å². The van der Waals surface area contributed by atoms with Crippen LogP contribution in [0.25, 0.3) is 0 Å². The molecular formula is C26H36O5. The number of aliphatic hydroxyl groups excluding tert-OH is 2. The van der Waals surface area contributed by atoms with Gasteiger partial charge in [-0.15, -0.1) is 0 Å². The van der Waals surface area contributed by atoms with E-state index in [0.29, 0.717) is 25.7 Å². The molecule has 5 heteroatoms. The molecule has 0 spiro atoms. The van der Waals surface area contributed by atoms with Crippen molar-refractivity contribution in [2.24, 2.45) is 17.3 Å². The third kappa shape index (κ3) is 7.15. The summed E-state index contributed by atoms with van der Waals surface area (Å²) in [5, 5.41) is 21.2. The molecule has 1 aromatic rings. The number of carbonyl (C=O) groups excluding carboxylic acids is 2. The lowest BCUT2D eigenvalue weighted by Crippen LogP contribution is -2.31. The normalized spacial score (nSPS) is 24.2. The molecule has 1 aliphatic carbocycles. The Kier molecular flexibility index (Phi) is 9.66. The van der Waals surface area contributed by atoms with Crippen molar-refractivity contribution >= 4 is 11.8 Å². The van der Waals surface area contributed by atoms with Crippen LogP contribution in [0.1, 0.15) is 51.5 Å². The van der Waals surface area contributed by atoms with E-state index in [1.807, 2.05) is 48.6 Å². The van der Waals surface area contributed by atoms with Gasteiger partial charge in [-0.05, 0) is 37.7 Å². The summed E-state index contributed by atoms with van der Waals surface area (Å²) < 4.78 is 4.63. The summed E-state index contributed by atoms with van der Waals surface area (Å²) in [7, 11) is 1.38. The molecule has 0 heterocycles. The van der Waals surface area contributed by atoms with Crippen molar-refractivity contribution in [2.45, 2.75) is 64.6 Å². The highest BCUT2D eigenvalue weighted by atomic mass is 16.5. The maximum atomic E-state index is 12.9. The lowest BCUT2D eigenvalue weighted by molar-refractivity contribution is -0.140. The number of esters is 1. The molecular weight excluding hydrogens is 392 g/mol. The molecule has 31 heavy (non-hydrogen) atoms. The van der Waals surface area contributed by atoms with Gasteiger partial charge in [-0.25, -0.2) is 0 Å². The number of aryl methyl sites for hydroxylation is 1. The van der Waals surface area contributed by atoms with Gasteiger partial charge in [0, 0.05) is 18.3 Å². The summed E-state index contributed by atoms with van der Waals surface area (Å²) in [6.45, 7) is 3.57. The highest BCUT2D eigenvalue weighted by molar-refractivity contribution is 5.90. The van der Waals surface area contributed by atoms with Crippen molar-refractivity contribution in [1.29, 1.82) is 0 Å². The van der Waals surface area contributed by atoms with Gasteiger partial charge in [0.1, 0.15) is 5.78 Å².